The number of anilines is 1. The molecule has 28 heavy (non-hydrogen) atoms. The summed E-state index contributed by atoms with van der Waals surface area (Å²) in [6, 6.07) is 17.2. The molecule has 0 aliphatic carbocycles. The van der Waals surface area contributed by atoms with Crippen molar-refractivity contribution in [3.63, 3.8) is 0 Å². The molecule has 2 aromatic rings. The number of aryl methyl sites for hydroxylation is 1. The summed E-state index contributed by atoms with van der Waals surface area (Å²) >= 11 is 1.86. The van der Waals surface area contributed by atoms with Crippen molar-refractivity contribution in [1.82, 2.24) is 9.80 Å². The molecule has 2 fully saturated rings. The first-order chi connectivity index (χ1) is 13.6. The van der Waals surface area contributed by atoms with Crippen molar-refractivity contribution in [3.05, 3.63) is 65.7 Å². The van der Waals surface area contributed by atoms with Gasteiger partial charge in [0.25, 0.3) is 5.91 Å². The van der Waals surface area contributed by atoms with Crippen LogP contribution in [0.3, 0.4) is 0 Å². The van der Waals surface area contributed by atoms with Gasteiger partial charge in [-0.3, -0.25) is 4.79 Å². The van der Waals surface area contributed by atoms with Crippen molar-refractivity contribution >= 4 is 29.4 Å². The van der Waals surface area contributed by atoms with E-state index in [2.05, 4.69) is 5.32 Å². The maximum atomic E-state index is 13.1. The van der Waals surface area contributed by atoms with Crippen molar-refractivity contribution < 1.29 is 9.59 Å². The largest absolute Gasteiger partial charge is 0.324 e. The third-order valence-electron chi connectivity index (χ3n) is 5.58. The summed E-state index contributed by atoms with van der Waals surface area (Å²) in [5.74, 6) is 1.06. The minimum atomic E-state index is -0.189. The molecule has 0 atom stereocenters. The number of amides is 3. The third kappa shape index (κ3) is 3.74. The average molecular weight is 396 g/mol. The first kappa shape index (κ1) is 18.9. The zero-order chi connectivity index (χ0) is 19.6. The van der Waals surface area contributed by atoms with Crippen LogP contribution in [0.5, 0.6) is 0 Å². The Kier molecular flexibility index (Phi) is 5.31. The summed E-state index contributed by atoms with van der Waals surface area (Å²) in [5, 5.41) is 2.96. The van der Waals surface area contributed by atoms with Gasteiger partial charge in [0, 0.05) is 36.6 Å². The summed E-state index contributed by atoms with van der Waals surface area (Å²) in [5.41, 5.74) is 2.70. The number of nitrogens with one attached hydrogen (secondary N) is 1. The highest BCUT2D eigenvalue weighted by molar-refractivity contribution is 8.00. The van der Waals surface area contributed by atoms with Crippen LogP contribution in [0.25, 0.3) is 0 Å². The average Bonchev–Trinajstić information content (AvgIpc) is 3.12. The second-order valence-corrected chi connectivity index (χ2v) is 8.86. The number of carbonyl (C=O) groups is 2. The molecule has 3 amide bonds. The van der Waals surface area contributed by atoms with Gasteiger partial charge < -0.3 is 15.1 Å². The number of thioether (sulfide) groups is 1. The molecule has 2 aromatic carbocycles. The molecule has 0 bridgehead atoms. The van der Waals surface area contributed by atoms with Gasteiger partial charge in [-0.2, -0.15) is 0 Å². The SMILES string of the molecule is Cc1ccc(C(=O)N2CCSC23CCN(C(=O)Nc2ccccc2)CC3)cc1. The number of carbonyl (C=O) groups excluding carboxylic acids is 2. The van der Waals surface area contributed by atoms with Crippen LogP contribution in [0.2, 0.25) is 0 Å². The fourth-order valence-electron chi connectivity index (χ4n) is 3.94. The number of hydrogen-bond donors (Lipinski definition) is 1. The van der Waals surface area contributed by atoms with E-state index >= 15 is 0 Å². The van der Waals surface area contributed by atoms with E-state index in [-0.39, 0.29) is 16.8 Å². The number of hydrogen-bond acceptors (Lipinski definition) is 3. The van der Waals surface area contributed by atoms with Gasteiger partial charge in [-0.15, -0.1) is 11.8 Å². The van der Waals surface area contributed by atoms with Gasteiger partial charge in [-0.25, -0.2) is 4.79 Å². The van der Waals surface area contributed by atoms with Gasteiger partial charge in [-0.05, 0) is 44.0 Å². The molecule has 6 heteroatoms. The molecule has 0 saturated carbocycles. The number of rotatable bonds is 2. The van der Waals surface area contributed by atoms with Crippen molar-refractivity contribution in [2.45, 2.75) is 24.6 Å². The molecule has 1 N–H and O–H groups in total. The summed E-state index contributed by atoms with van der Waals surface area (Å²) < 4.78 is 0. The number of nitrogens with zero attached hydrogens (tertiary/aromatic N) is 2. The molecule has 4 rings (SSSR count). The molecular formula is C22H25N3O2S. The summed E-state index contributed by atoms with van der Waals surface area (Å²) in [6.45, 7) is 4.11. The van der Waals surface area contributed by atoms with E-state index in [4.69, 9.17) is 0 Å². The topological polar surface area (TPSA) is 52.7 Å². The molecule has 0 radical (unpaired) electrons. The van der Waals surface area contributed by atoms with Gasteiger partial charge >= 0.3 is 6.03 Å². The van der Waals surface area contributed by atoms with E-state index < -0.39 is 0 Å². The van der Waals surface area contributed by atoms with Crippen molar-refractivity contribution in [3.8, 4) is 0 Å². The van der Waals surface area contributed by atoms with Crippen LogP contribution in [0.4, 0.5) is 10.5 Å². The van der Waals surface area contributed by atoms with Crippen molar-refractivity contribution in [2.24, 2.45) is 0 Å². The third-order valence-corrected chi connectivity index (χ3v) is 7.13. The zero-order valence-corrected chi connectivity index (χ0v) is 16.9. The zero-order valence-electron chi connectivity index (χ0n) is 16.1. The second-order valence-electron chi connectivity index (χ2n) is 7.40. The summed E-state index contributed by atoms with van der Waals surface area (Å²) in [4.78, 5) is 29.4. The molecule has 5 nitrogen and oxygen atoms in total. The van der Waals surface area contributed by atoms with E-state index in [9.17, 15) is 9.59 Å². The molecule has 0 unspecified atom stereocenters. The van der Waals surface area contributed by atoms with Gasteiger partial charge in [-0.1, -0.05) is 35.9 Å². The monoisotopic (exact) mass is 395 g/mol. The molecule has 0 aromatic heterocycles. The lowest BCUT2D eigenvalue weighted by molar-refractivity contribution is 0.0585. The standard InChI is InChI=1S/C22H25N3O2S/c1-17-7-9-18(10-8-17)20(26)25-15-16-28-22(25)11-13-24(14-12-22)21(27)23-19-5-3-2-4-6-19/h2-10H,11-16H2,1H3,(H,23,27). The van der Waals surface area contributed by atoms with E-state index in [1.807, 2.05) is 83.1 Å². The Hall–Kier alpha value is -2.47. The number of piperidine rings is 1. The first-order valence-electron chi connectivity index (χ1n) is 9.71. The van der Waals surface area contributed by atoms with Crippen molar-refractivity contribution in [1.29, 1.82) is 0 Å². The molecule has 146 valence electrons. The number of likely N-dealkylation sites (tertiary alicyclic amines) is 1. The van der Waals surface area contributed by atoms with Crippen LogP contribution in [-0.4, -0.2) is 52.0 Å². The fraction of sp³-hybridized carbons (Fsp3) is 0.364. The lowest BCUT2D eigenvalue weighted by atomic mass is 10.0. The van der Waals surface area contributed by atoms with E-state index in [0.29, 0.717) is 13.1 Å². The van der Waals surface area contributed by atoms with Crippen LogP contribution < -0.4 is 5.32 Å². The highest BCUT2D eigenvalue weighted by atomic mass is 32.2. The molecular weight excluding hydrogens is 370 g/mol. The maximum absolute atomic E-state index is 13.1. The highest BCUT2D eigenvalue weighted by Gasteiger charge is 2.47. The molecule has 2 heterocycles. The second kappa shape index (κ2) is 7.87. The lowest BCUT2D eigenvalue weighted by Crippen LogP contribution is -2.54. The van der Waals surface area contributed by atoms with Crippen LogP contribution in [0, 0.1) is 6.92 Å². The Morgan fingerprint density at radius 3 is 2.32 bits per heavy atom. The van der Waals surface area contributed by atoms with Gasteiger partial charge in [0.15, 0.2) is 0 Å². The predicted octanol–water partition coefficient (Wildman–Crippen LogP) is 4.21. The fourth-order valence-corrected chi connectivity index (χ4v) is 5.40. The van der Waals surface area contributed by atoms with Crippen LogP contribution in [0.1, 0.15) is 28.8 Å². The van der Waals surface area contributed by atoms with Crippen LogP contribution >= 0.6 is 11.8 Å². The van der Waals surface area contributed by atoms with Crippen LogP contribution in [-0.2, 0) is 0 Å². The van der Waals surface area contributed by atoms with E-state index in [1.165, 1.54) is 0 Å². The van der Waals surface area contributed by atoms with E-state index in [1.54, 1.807) is 0 Å². The molecule has 2 aliphatic rings. The number of benzene rings is 2. The molecule has 2 saturated heterocycles. The molecule has 2 aliphatic heterocycles. The first-order valence-corrected chi connectivity index (χ1v) is 10.7. The molecule has 1 spiro atoms. The Labute approximate surface area is 170 Å². The minimum absolute atomic E-state index is 0.0690. The van der Waals surface area contributed by atoms with Gasteiger partial charge in [0.2, 0.25) is 0 Å². The quantitative estimate of drug-likeness (QED) is 0.829. The Morgan fingerprint density at radius 2 is 1.64 bits per heavy atom. The number of urea groups is 1. The van der Waals surface area contributed by atoms with Gasteiger partial charge in [0.1, 0.15) is 0 Å². The van der Waals surface area contributed by atoms with Crippen LogP contribution in [0.15, 0.2) is 54.6 Å². The minimum Gasteiger partial charge on any atom is -0.324 e. The summed E-state index contributed by atoms with van der Waals surface area (Å²) in [6.07, 6.45) is 1.61. The normalized spacial score (nSPS) is 18.3. The predicted molar refractivity (Wildman–Crippen MR) is 114 cm³/mol. The Bertz CT molecular complexity index is 846. The van der Waals surface area contributed by atoms with Gasteiger partial charge in [0.05, 0.1) is 4.87 Å². The van der Waals surface area contributed by atoms with E-state index in [0.717, 1.165) is 42.0 Å². The Morgan fingerprint density at radius 1 is 0.964 bits per heavy atom. The summed E-state index contributed by atoms with van der Waals surface area (Å²) in [7, 11) is 0. The smallest absolute Gasteiger partial charge is 0.321 e. The van der Waals surface area contributed by atoms with Crippen molar-refractivity contribution in [2.75, 3.05) is 30.7 Å². The Balaban J connectivity index is 1.41. The number of para-hydroxylation sites is 1. The maximum Gasteiger partial charge on any atom is 0.321 e. The highest BCUT2D eigenvalue weighted by Crippen LogP contribution is 2.44. The lowest BCUT2D eigenvalue weighted by Gasteiger charge is -2.44.